The Morgan fingerprint density at radius 3 is 2.26 bits per heavy atom. The van der Waals surface area contributed by atoms with Gasteiger partial charge in [-0.15, -0.1) is 0 Å². The Balaban J connectivity index is 1.43. The van der Waals surface area contributed by atoms with Gasteiger partial charge in [-0.25, -0.2) is 4.39 Å². The molecule has 0 spiro atoms. The number of hydrogen-bond donors (Lipinski definition) is 1. The minimum Gasteiger partial charge on any atom is -0.457 e. The van der Waals surface area contributed by atoms with Crippen LogP contribution in [0.3, 0.4) is 0 Å². The molecular formula is C32H27FN4OS. The molecule has 0 radical (unpaired) electrons. The maximum absolute atomic E-state index is 14.9. The number of ether oxygens (including phenoxy) is 1. The number of anilines is 1. The lowest BCUT2D eigenvalue weighted by Crippen LogP contribution is -2.29. The van der Waals surface area contributed by atoms with E-state index in [0.29, 0.717) is 10.8 Å². The monoisotopic (exact) mass is 534 g/mol. The van der Waals surface area contributed by atoms with E-state index in [1.54, 1.807) is 18.3 Å². The van der Waals surface area contributed by atoms with Gasteiger partial charge >= 0.3 is 0 Å². The summed E-state index contributed by atoms with van der Waals surface area (Å²) >= 11 is 5.90. The Kier molecular flexibility index (Phi) is 6.59. The van der Waals surface area contributed by atoms with Crippen LogP contribution >= 0.6 is 12.2 Å². The van der Waals surface area contributed by atoms with Crippen molar-refractivity contribution in [1.82, 2.24) is 14.9 Å². The van der Waals surface area contributed by atoms with Crippen molar-refractivity contribution < 1.29 is 9.13 Å². The van der Waals surface area contributed by atoms with Crippen LogP contribution in [0.15, 0.2) is 109 Å². The average Bonchev–Trinajstić information content (AvgIpc) is 3.45. The zero-order valence-electron chi connectivity index (χ0n) is 21.6. The lowest BCUT2D eigenvalue weighted by Gasteiger charge is -2.28. The number of benzene rings is 3. The summed E-state index contributed by atoms with van der Waals surface area (Å²) in [6.45, 7) is 4.03. The van der Waals surface area contributed by atoms with Crippen LogP contribution in [0, 0.1) is 19.7 Å². The van der Waals surface area contributed by atoms with Crippen LogP contribution < -0.4 is 15.0 Å². The second-order valence-electron chi connectivity index (χ2n) is 9.52. The number of halogens is 1. The van der Waals surface area contributed by atoms with Crippen molar-refractivity contribution in [3.63, 3.8) is 0 Å². The number of pyridine rings is 1. The predicted octanol–water partition coefficient (Wildman–Crippen LogP) is 7.60. The Morgan fingerprint density at radius 2 is 1.54 bits per heavy atom. The third-order valence-corrected chi connectivity index (χ3v) is 7.39. The largest absolute Gasteiger partial charge is 0.457 e. The molecule has 39 heavy (non-hydrogen) atoms. The first kappa shape index (κ1) is 24.8. The molecule has 194 valence electrons. The highest BCUT2D eigenvalue weighted by molar-refractivity contribution is 7.80. The summed E-state index contributed by atoms with van der Waals surface area (Å²) in [5.74, 6) is 1.24. The van der Waals surface area contributed by atoms with Gasteiger partial charge in [-0.2, -0.15) is 0 Å². The summed E-state index contributed by atoms with van der Waals surface area (Å²) in [5.41, 5.74) is 5.26. The van der Waals surface area contributed by atoms with Gasteiger partial charge < -0.3 is 19.5 Å². The SMILES string of the molecule is Cc1cc([C@@H]2[C@H](c3ccccn3)NC(=S)N2c2ccc(Oc3ccccc3)cc2)c(C)n1-c1ccccc1F. The van der Waals surface area contributed by atoms with Crippen molar-refractivity contribution in [2.45, 2.75) is 25.9 Å². The van der Waals surface area contributed by atoms with Crippen LogP contribution in [0.2, 0.25) is 0 Å². The van der Waals surface area contributed by atoms with Gasteiger partial charge in [-0.1, -0.05) is 36.4 Å². The molecule has 0 bridgehead atoms. The standard InChI is InChI=1S/C32H27FN4OS/c1-21-20-26(22(2)36(21)29-14-7-6-12-27(29)33)31-30(28-13-8-9-19-34-28)35-32(39)37(31)23-15-17-25(18-16-23)38-24-10-4-3-5-11-24/h3-20,30-31H,1-2H3,(H,35,39)/t30-,31+/m0/s1. The van der Waals surface area contributed by atoms with Crippen LogP contribution in [0.25, 0.3) is 5.69 Å². The van der Waals surface area contributed by atoms with Gasteiger partial charge in [0.05, 0.1) is 23.5 Å². The van der Waals surface area contributed by atoms with Crippen molar-refractivity contribution in [3.05, 3.63) is 138 Å². The summed E-state index contributed by atoms with van der Waals surface area (Å²) in [6, 6.07) is 32.0. The molecule has 2 aromatic heterocycles. The van der Waals surface area contributed by atoms with E-state index in [2.05, 4.69) is 21.3 Å². The third-order valence-electron chi connectivity index (χ3n) is 7.07. The fraction of sp³-hybridized carbons (Fsp3) is 0.125. The second-order valence-corrected chi connectivity index (χ2v) is 9.91. The molecule has 3 heterocycles. The highest BCUT2D eigenvalue weighted by Crippen LogP contribution is 2.44. The van der Waals surface area contributed by atoms with E-state index in [4.69, 9.17) is 17.0 Å². The van der Waals surface area contributed by atoms with Gasteiger partial charge in [0.1, 0.15) is 17.3 Å². The van der Waals surface area contributed by atoms with E-state index in [9.17, 15) is 4.39 Å². The minimum atomic E-state index is -0.266. The molecule has 1 aliphatic heterocycles. The Bertz CT molecular complexity index is 1620. The number of aromatic nitrogens is 2. The number of rotatable bonds is 6. The van der Waals surface area contributed by atoms with E-state index >= 15 is 0 Å². The molecule has 1 N–H and O–H groups in total. The first-order valence-corrected chi connectivity index (χ1v) is 13.2. The number of para-hydroxylation sites is 2. The molecule has 1 saturated heterocycles. The molecule has 7 heteroatoms. The highest BCUT2D eigenvalue weighted by atomic mass is 32.1. The lowest BCUT2D eigenvalue weighted by molar-refractivity contribution is 0.482. The Labute approximate surface area is 232 Å². The normalized spacial score (nSPS) is 16.8. The van der Waals surface area contributed by atoms with Crippen LogP contribution in [0.5, 0.6) is 11.5 Å². The van der Waals surface area contributed by atoms with Gasteiger partial charge in [-0.3, -0.25) is 4.98 Å². The van der Waals surface area contributed by atoms with Gasteiger partial charge in [0.15, 0.2) is 5.11 Å². The molecule has 1 aliphatic rings. The number of nitrogens with zero attached hydrogens (tertiary/aromatic N) is 3. The van der Waals surface area contributed by atoms with E-state index < -0.39 is 0 Å². The van der Waals surface area contributed by atoms with E-state index in [1.165, 1.54) is 6.07 Å². The molecule has 6 rings (SSSR count). The zero-order chi connectivity index (χ0) is 26.9. The van der Waals surface area contributed by atoms with Gasteiger partial charge in [0, 0.05) is 23.3 Å². The van der Waals surface area contributed by atoms with Crippen LogP contribution in [-0.4, -0.2) is 14.7 Å². The summed E-state index contributed by atoms with van der Waals surface area (Å²) < 4.78 is 22.9. The number of thiocarbonyl (C=S) groups is 1. The van der Waals surface area contributed by atoms with E-state index in [0.717, 1.165) is 39.8 Å². The van der Waals surface area contributed by atoms with Gasteiger partial charge in [0.2, 0.25) is 0 Å². The first-order chi connectivity index (χ1) is 19.0. The molecule has 0 saturated carbocycles. The van der Waals surface area contributed by atoms with Crippen molar-refractivity contribution in [2.75, 3.05) is 4.90 Å². The lowest BCUT2D eigenvalue weighted by atomic mass is 9.96. The van der Waals surface area contributed by atoms with Crippen LogP contribution in [0.1, 0.15) is 34.7 Å². The molecule has 0 aliphatic carbocycles. The van der Waals surface area contributed by atoms with E-state index in [1.807, 2.05) is 97.3 Å². The van der Waals surface area contributed by atoms with E-state index in [-0.39, 0.29) is 17.9 Å². The molecule has 5 nitrogen and oxygen atoms in total. The molecule has 0 amide bonds. The molecule has 5 aromatic rings. The summed E-state index contributed by atoms with van der Waals surface area (Å²) in [7, 11) is 0. The topological polar surface area (TPSA) is 42.3 Å². The number of hydrogen-bond acceptors (Lipinski definition) is 3. The molecule has 2 atom stereocenters. The van der Waals surface area contributed by atoms with Crippen molar-refractivity contribution in [1.29, 1.82) is 0 Å². The quantitative estimate of drug-likeness (QED) is 0.227. The second kappa shape index (κ2) is 10.3. The van der Waals surface area contributed by atoms with Gasteiger partial charge in [-0.05, 0) is 98.4 Å². The molecule has 0 unspecified atom stereocenters. The smallest absolute Gasteiger partial charge is 0.174 e. The highest BCUT2D eigenvalue weighted by Gasteiger charge is 2.42. The fourth-order valence-electron chi connectivity index (χ4n) is 5.34. The predicted molar refractivity (Wildman–Crippen MR) is 156 cm³/mol. The first-order valence-electron chi connectivity index (χ1n) is 12.8. The van der Waals surface area contributed by atoms with Crippen molar-refractivity contribution in [3.8, 4) is 17.2 Å². The maximum atomic E-state index is 14.9. The average molecular weight is 535 g/mol. The Morgan fingerprint density at radius 1 is 0.846 bits per heavy atom. The minimum absolute atomic E-state index is 0.200. The number of aryl methyl sites for hydroxylation is 1. The number of nitrogens with one attached hydrogen (secondary N) is 1. The van der Waals surface area contributed by atoms with Crippen molar-refractivity contribution in [2.24, 2.45) is 0 Å². The summed E-state index contributed by atoms with van der Waals surface area (Å²) in [4.78, 5) is 6.78. The molecule has 1 fully saturated rings. The third kappa shape index (κ3) is 4.66. The van der Waals surface area contributed by atoms with Crippen LogP contribution in [0.4, 0.5) is 10.1 Å². The molecule has 3 aromatic carbocycles. The van der Waals surface area contributed by atoms with Gasteiger partial charge in [0.25, 0.3) is 0 Å². The van der Waals surface area contributed by atoms with Crippen molar-refractivity contribution >= 4 is 23.0 Å². The summed E-state index contributed by atoms with van der Waals surface area (Å²) in [5, 5.41) is 4.11. The zero-order valence-corrected chi connectivity index (χ0v) is 22.4. The van der Waals surface area contributed by atoms with Crippen LogP contribution in [-0.2, 0) is 0 Å². The maximum Gasteiger partial charge on any atom is 0.174 e. The summed E-state index contributed by atoms with van der Waals surface area (Å²) in [6.07, 6.45) is 1.79. The fourth-order valence-corrected chi connectivity index (χ4v) is 5.69. The molecular weight excluding hydrogens is 507 g/mol. The Hall–Kier alpha value is -4.49.